The molecule has 0 fully saturated rings. The molecular weight excluding hydrogens is 374 g/mol. The first kappa shape index (κ1) is 19.7. The lowest BCUT2D eigenvalue weighted by atomic mass is 10.0. The maximum atomic E-state index is 12.8. The van der Waals surface area contributed by atoms with Crippen LogP contribution in [0.15, 0.2) is 72.8 Å². The molecule has 1 atom stereocenters. The molecule has 0 saturated heterocycles. The zero-order chi connectivity index (χ0) is 21.1. The topological polar surface area (TPSA) is 63.1 Å². The predicted octanol–water partition coefficient (Wildman–Crippen LogP) is 5.02. The number of hydrogen-bond acceptors (Lipinski definition) is 2. The maximum absolute atomic E-state index is 12.8. The van der Waals surface area contributed by atoms with Crippen molar-refractivity contribution in [3.05, 3.63) is 78.4 Å². The van der Waals surface area contributed by atoms with E-state index in [4.69, 9.17) is 0 Å². The van der Waals surface area contributed by atoms with Crippen molar-refractivity contribution in [3.8, 4) is 0 Å². The molecule has 1 aromatic heterocycles. The van der Waals surface area contributed by atoms with Gasteiger partial charge in [0.25, 0.3) is 0 Å². The van der Waals surface area contributed by atoms with Crippen LogP contribution in [-0.2, 0) is 16.1 Å². The van der Waals surface area contributed by atoms with Gasteiger partial charge in [0.15, 0.2) is 0 Å². The molecule has 5 heteroatoms. The third-order valence-electron chi connectivity index (χ3n) is 5.34. The van der Waals surface area contributed by atoms with Crippen molar-refractivity contribution in [1.82, 2.24) is 9.88 Å². The van der Waals surface area contributed by atoms with Gasteiger partial charge in [-0.3, -0.25) is 9.59 Å². The van der Waals surface area contributed by atoms with E-state index in [-0.39, 0.29) is 24.3 Å². The molecule has 1 heterocycles. The number of nitrogens with one attached hydrogen (secondary N) is 2. The summed E-state index contributed by atoms with van der Waals surface area (Å²) >= 11 is 0. The summed E-state index contributed by atoms with van der Waals surface area (Å²) in [6, 6.07) is 23.5. The van der Waals surface area contributed by atoms with Gasteiger partial charge in [-0.15, -0.1) is 0 Å². The molecule has 0 aliphatic carbocycles. The normalized spacial score (nSPS) is 12.1. The smallest absolute Gasteiger partial charge is 0.226 e. The average molecular weight is 399 g/mol. The molecule has 0 bridgehead atoms. The van der Waals surface area contributed by atoms with Gasteiger partial charge >= 0.3 is 0 Å². The number of para-hydroxylation sites is 1. The van der Waals surface area contributed by atoms with Crippen LogP contribution < -0.4 is 10.6 Å². The number of aryl methyl sites for hydroxylation is 1. The van der Waals surface area contributed by atoms with Crippen molar-refractivity contribution in [1.29, 1.82) is 0 Å². The van der Waals surface area contributed by atoms with Crippen LogP contribution in [0.1, 0.15) is 31.9 Å². The Morgan fingerprint density at radius 3 is 2.33 bits per heavy atom. The molecule has 30 heavy (non-hydrogen) atoms. The number of fused-ring (bicyclic) bond motifs is 3. The van der Waals surface area contributed by atoms with E-state index < -0.39 is 0 Å². The van der Waals surface area contributed by atoms with Crippen LogP contribution >= 0.6 is 0 Å². The number of carbonyl (C=O) groups excluding carboxylic acids is 2. The van der Waals surface area contributed by atoms with Crippen LogP contribution in [0, 0.1) is 0 Å². The molecule has 0 saturated carbocycles. The largest absolute Gasteiger partial charge is 0.349 e. The number of benzene rings is 3. The lowest BCUT2D eigenvalue weighted by molar-refractivity contribution is -0.120. The van der Waals surface area contributed by atoms with Gasteiger partial charge in [0.2, 0.25) is 11.8 Å². The van der Waals surface area contributed by atoms with Crippen LogP contribution in [0.4, 0.5) is 5.69 Å². The van der Waals surface area contributed by atoms with Crippen LogP contribution in [-0.4, -0.2) is 16.4 Å². The van der Waals surface area contributed by atoms with Crippen LogP contribution in [0.25, 0.3) is 21.8 Å². The highest BCUT2D eigenvalue weighted by molar-refractivity contribution is 6.09. The third-order valence-corrected chi connectivity index (χ3v) is 5.34. The van der Waals surface area contributed by atoms with E-state index in [9.17, 15) is 9.59 Å². The predicted molar refractivity (Wildman–Crippen MR) is 121 cm³/mol. The minimum Gasteiger partial charge on any atom is -0.349 e. The fourth-order valence-electron chi connectivity index (χ4n) is 4.05. The second-order valence-electron chi connectivity index (χ2n) is 7.41. The molecule has 0 aliphatic rings. The Kier molecular flexibility index (Phi) is 5.53. The fraction of sp³-hybridized carbons (Fsp3) is 0.200. The highest BCUT2D eigenvalue weighted by Crippen LogP contribution is 2.31. The molecule has 152 valence electrons. The number of carbonyl (C=O) groups is 2. The lowest BCUT2D eigenvalue weighted by Crippen LogP contribution is -2.29. The van der Waals surface area contributed by atoms with E-state index in [2.05, 4.69) is 40.3 Å². The Bertz CT molecular complexity index is 1210. The van der Waals surface area contributed by atoms with Gasteiger partial charge in [-0.25, -0.2) is 0 Å². The monoisotopic (exact) mass is 399 g/mol. The minimum atomic E-state index is -0.366. The second kappa shape index (κ2) is 8.41. The van der Waals surface area contributed by atoms with Crippen LogP contribution in [0.5, 0.6) is 0 Å². The van der Waals surface area contributed by atoms with E-state index in [1.165, 1.54) is 17.8 Å². The van der Waals surface area contributed by atoms with Crippen LogP contribution in [0.2, 0.25) is 0 Å². The van der Waals surface area contributed by atoms with E-state index in [1.54, 1.807) is 0 Å². The summed E-state index contributed by atoms with van der Waals surface area (Å²) in [7, 11) is 0. The highest BCUT2D eigenvalue weighted by atomic mass is 16.2. The zero-order valence-electron chi connectivity index (χ0n) is 17.2. The molecule has 4 rings (SSSR count). The molecule has 0 spiro atoms. The van der Waals surface area contributed by atoms with Gasteiger partial charge in [0.1, 0.15) is 0 Å². The fourth-order valence-corrected chi connectivity index (χ4v) is 4.05. The van der Waals surface area contributed by atoms with Gasteiger partial charge in [-0.05, 0) is 36.8 Å². The van der Waals surface area contributed by atoms with Crippen molar-refractivity contribution >= 4 is 39.3 Å². The van der Waals surface area contributed by atoms with Gasteiger partial charge < -0.3 is 15.2 Å². The molecule has 1 unspecified atom stereocenters. The summed E-state index contributed by atoms with van der Waals surface area (Å²) in [4.78, 5) is 24.4. The minimum absolute atomic E-state index is 0.142. The maximum Gasteiger partial charge on any atom is 0.226 e. The Morgan fingerprint density at radius 2 is 1.60 bits per heavy atom. The molecule has 4 aromatic rings. The number of nitrogens with zero attached hydrogens (tertiary/aromatic N) is 1. The Morgan fingerprint density at radius 1 is 0.900 bits per heavy atom. The molecule has 0 radical (unpaired) electrons. The summed E-state index contributed by atoms with van der Waals surface area (Å²) < 4.78 is 2.28. The molecule has 5 nitrogen and oxygen atoms in total. The Hall–Kier alpha value is -3.60. The van der Waals surface area contributed by atoms with Crippen molar-refractivity contribution in [3.63, 3.8) is 0 Å². The van der Waals surface area contributed by atoms with Crippen molar-refractivity contribution < 1.29 is 9.59 Å². The summed E-state index contributed by atoms with van der Waals surface area (Å²) in [6.07, 6.45) is 0.165. The molecule has 2 N–H and O–H groups in total. The number of amides is 2. The number of anilines is 1. The molecular formula is C25H25N3O2. The third kappa shape index (κ3) is 3.92. The second-order valence-corrected chi connectivity index (χ2v) is 7.41. The van der Waals surface area contributed by atoms with Gasteiger partial charge in [0, 0.05) is 41.0 Å². The van der Waals surface area contributed by atoms with Gasteiger partial charge in [-0.1, -0.05) is 48.5 Å². The first-order valence-corrected chi connectivity index (χ1v) is 10.2. The average Bonchev–Trinajstić information content (AvgIpc) is 3.06. The summed E-state index contributed by atoms with van der Waals surface area (Å²) in [5.41, 5.74) is 4.00. The van der Waals surface area contributed by atoms with Crippen molar-refractivity contribution in [2.24, 2.45) is 0 Å². The van der Waals surface area contributed by atoms with E-state index in [0.717, 1.165) is 28.7 Å². The molecule has 0 aliphatic heterocycles. The zero-order valence-corrected chi connectivity index (χ0v) is 17.2. The number of rotatable bonds is 6. The van der Waals surface area contributed by atoms with Crippen LogP contribution in [0.3, 0.4) is 0 Å². The summed E-state index contributed by atoms with van der Waals surface area (Å²) in [6.45, 7) is 4.48. The van der Waals surface area contributed by atoms with Gasteiger partial charge in [0.05, 0.1) is 12.5 Å². The van der Waals surface area contributed by atoms with E-state index in [1.807, 2.05) is 54.6 Å². The molecule has 3 aromatic carbocycles. The Labute approximate surface area is 175 Å². The van der Waals surface area contributed by atoms with Gasteiger partial charge in [-0.2, -0.15) is 0 Å². The lowest BCUT2D eigenvalue weighted by Gasteiger charge is -2.18. The number of aromatic nitrogens is 1. The summed E-state index contributed by atoms with van der Waals surface area (Å²) in [5, 5.41) is 8.16. The van der Waals surface area contributed by atoms with E-state index in [0.29, 0.717) is 0 Å². The number of hydrogen-bond donors (Lipinski definition) is 2. The first-order valence-electron chi connectivity index (χ1n) is 10.2. The SMILES string of the molecule is CCn1c2ccccc2c2cc(NC(=O)CC(NC(C)=O)c3ccccc3)ccc21. The standard InChI is InChI=1S/C25H25N3O2/c1-3-28-23-12-8-7-11-20(23)21-15-19(13-14-24(21)28)27-25(30)16-22(26-17(2)29)18-9-5-4-6-10-18/h4-15,22H,3,16H2,1-2H3,(H,26,29)(H,27,30). The Balaban J connectivity index is 1.59. The van der Waals surface area contributed by atoms with E-state index >= 15 is 0 Å². The molecule has 2 amide bonds. The van der Waals surface area contributed by atoms with Crippen molar-refractivity contribution in [2.45, 2.75) is 32.9 Å². The van der Waals surface area contributed by atoms with Crippen molar-refractivity contribution in [2.75, 3.05) is 5.32 Å². The quantitative estimate of drug-likeness (QED) is 0.478. The first-order chi connectivity index (χ1) is 14.6. The summed E-state index contributed by atoms with van der Waals surface area (Å²) in [5.74, 6) is -0.304. The highest BCUT2D eigenvalue weighted by Gasteiger charge is 2.17.